The largest absolute Gasteiger partial charge is 0.459 e. The molecule has 0 saturated heterocycles. The van der Waals surface area contributed by atoms with Gasteiger partial charge in [-0.3, -0.25) is 9.69 Å². The third kappa shape index (κ3) is 5.85. The molecule has 0 heterocycles. The van der Waals surface area contributed by atoms with E-state index in [0.717, 1.165) is 11.1 Å². The Labute approximate surface area is 115 Å². The molecule has 0 aliphatic carbocycles. The normalized spacial score (nSPS) is 11.7. The van der Waals surface area contributed by atoms with Crippen molar-refractivity contribution in [2.45, 2.75) is 39.5 Å². The van der Waals surface area contributed by atoms with E-state index in [1.165, 1.54) is 0 Å². The standard InChI is InChI=1S/C15H24N2O2/c1-15(2,3)19-14(18)11-17(4)10-13-8-6-5-7-12(13)9-16/h5-8H,9-11,16H2,1-4H3. The summed E-state index contributed by atoms with van der Waals surface area (Å²) in [5.74, 6) is -0.208. The number of nitrogens with zero attached hydrogens (tertiary/aromatic N) is 1. The lowest BCUT2D eigenvalue weighted by molar-refractivity contribution is -0.155. The Morgan fingerprint density at radius 2 is 1.84 bits per heavy atom. The minimum absolute atomic E-state index is 0.208. The highest BCUT2D eigenvalue weighted by Gasteiger charge is 2.17. The van der Waals surface area contributed by atoms with Crippen LogP contribution in [0.2, 0.25) is 0 Å². The van der Waals surface area contributed by atoms with Gasteiger partial charge in [0, 0.05) is 13.1 Å². The zero-order chi connectivity index (χ0) is 14.5. The van der Waals surface area contributed by atoms with Crippen LogP contribution >= 0.6 is 0 Å². The highest BCUT2D eigenvalue weighted by atomic mass is 16.6. The van der Waals surface area contributed by atoms with Crippen LogP contribution in [0.3, 0.4) is 0 Å². The Kier molecular flexibility index (Phi) is 5.51. The Balaban J connectivity index is 2.55. The summed E-state index contributed by atoms with van der Waals surface area (Å²) >= 11 is 0. The second-order valence-electron chi connectivity index (χ2n) is 5.73. The number of carbonyl (C=O) groups excluding carboxylic acids is 1. The maximum absolute atomic E-state index is 11.7. The summed E-state index contributed by atoms with van der Waals surface area (Å²) < 4.78 is 5.30. The lowest BCUT2D eigenvalue weighted by atomic mass is 10.1. The summed E-state index contributed by atoms with van der Waals surface area (Å²) in [6.07, 6.45) is 0. The second kappa shape index (κ2) is 6.68. The van der Waals surface area contributed by atoms with E-state index >= 15 is 0 Å². The molecule has 0 fully saturated rings. The topological polar surface area (TPSA) is 55.6 Å². The second-order valence-corrected chi connectivity index (χ2v) is 5.73. The van der Waals surface area contributed by atoms with Crippen LogP contribution in [0.1, 0.15) is 31.9 Å². The number of hydrogen-bond donors (Lipinski definition) is 1. The molecule has 0 bridgehead atoms. The molecule has 0 spiro atoms. The van der Waals surface area contributed by atoms with Gasteiger partial charge in [-0.2, -0.15) is 0 Å². The fourth-order valence-electron chi connectivity index (χ4n) is 1.85. The van der Waals surface area contributed by atoms with Crippen LogP contribution in [-0.2, 0) is 22.6 Å². The molecule has 0 amide bonds. The van der Waals surface area contributed by atoms with Crippen LogP contribution < -0.4 is 5.73 Å². The van der Waals surface area contributed by atoms with E-state index in [0.29, 0.717) is 13.1 Å². The van der Waals surface area contributed by atoms with E-state index in [1.54, 1.807) is 0 Å². The molecule has 4 heteroatoms. The average Bonchev–Trinajstić information content (AvgIpc) is 2.26. The maximum atomic E-state index is 11.7. The van der Waals surface area contributed by atoms with Crippen molar-refractivity contribution in [1.29, 1.82) is 0 Å². The Morgan fingerprint density at radius 1 is 1.26 bits per heavy atom. The fraction of sp³-hybridized carbons (Fsp3) is 0.533. The molecule has 0 aromatic heterocycles. The van der Waals surface area contributed by atoms with E-state index in [4.69, 9.17) is 10.5 Å². The summed E-state index contributed by atoms with van der Waals surface area (Å²) in [4.78, 5) is 13.7. The molecule has 1 aromatic rings. The van der Waals surface area contributed by atoms with Gasteiger partial charge in [-0.15, -0.1) is 0 Å². The van der Waals surface area contributed by atoms with Gasteiger partial charge in [-0.1, -0.05) is 24.3 Å². The van der Waals surface area contributed by atoms with Crippen LogP contribution in [0.15, 0.2) is 24.3 Å². The van der Waals surface area contributed by atoms with Gasteiger partial charge < -0.3 is 10.5 Å². The first-order valence-corrected chi connectivity index (χ1v) is 6.49. The van der Waals surface area contributed by atoms with Crippen molar-refractivity contribution in [1.82, 2.24) is 4.90 Å². The highest BCUT2D eigenvalue weighted by molar-refractivity contribution is 5.72. The summed E-state index contributed by atoms with van der Waals surface area (Å²) in [6.45, 7) is 7.08. The van der Waals surface area contributed by atoms with E-state index in [1.807, 2.05) is 57.0 Å². The van der Waals surface area contributed by atoms with Crippen LogP contribution in [0, 0.1) is 0 Å². The Bertz CT molecular complexity index is 424. The van der Waals surface area contributed by atoms with Crippen LogP contribution in [0.25, 0.3) is 0 Å². The van der Waals surface area contributed by atoms with Gasteiger partial charge in [0.25, 0.3) is 0 Å². The minimum Gasteiger partial charge on any atom is -0.459 e. The molecule has 0 atom stereocenters. The fourth-order valence-corrected chi connectivity index (χ4v) is 1.85. The molecule has 0 saturated carbocycles. The predicted molar refractivity (Wildman–Crippen MR) is 76.5 cm³/mol. The van der Waals surface area contributed by atoms with Crippen molar-refractivity contribution in [3.05, 3.63) is 35.4 Å². The third-order valence-corrected chi connectivity index (χ3v) is 2.60. The van der Waals surface area contributed by atoms with Gasteiger partial charge in [0.15, 0.2) is 0 Å². The molecular weight excluding hydrogens is 240 g/mol. The molecule has 19 heavy (non-hydrogen) atoms. The first-order valence-electron chi connectivity index (χ1n) is 6.49. The summed E-state index contributed by atoms with van der Waals surface area (Å²) in [5, 5.41) is 0. The minimum atomic E-state index is -0.437. The van der Waals surface area contributed by atoms with Crippen molar-refractivity contribution in [3.8, 4) is 0 Å². The Hall–Kier alpha value is -1.39. The molecule has 4 nitrogen and oxygen atoms in total. The molecule has 0 unspecified atom stereocenters. The number of esters is 1. The molecule has 2 N–H and O–H groups in total. The molecule has 0 radical (unpaired) electrons. The molecule has 1 aromatic carbocycles. The van der Waals surface area contributed by atoms with Gasteiger partial charge in [0.1, 0.15) is 5.60 Å². The third-order valence-electron chi connectivity index (χ3n) is 2.60. The van der Waals surface area contributed by atoms with Crippen molar-refractivity contribution in [3.63, 3.8) is 0 Å². The molecule has 0 aliphatic rings. The number of nitrogens with two attached hydrogens (primary N) is 1. The zero-order valence-electron chi connectivity index (χ0n) is 12.3. The van der Waals surface area contributed by atoms with Crippen molar-refractivity contribution in [2.24, 2.45) is 5.73 Å². The average molecular weight is 264 g/mol. The smallest absolute Gasteiger partial charge is 0.320 e. The molecule has 1 rings (SSSR count). The molecule has 0 aliphatic heterocycles. The summed E-state index contributed by atoms with van der Waals surface area (Å²) in [7, 11) is 1.90. The monoisotopic (exact) mass is 264 g/mol. The van der Waals surface area contributed by atoms with E-state index < -0.39 is 5.60 Å². The number of rotatable bonds is 5. The van der Waals surface area contributed by atoms with E-state index in [2.05, 4.69) is 0 Å². The zero-order valence-corrected chi connectivity index (χ0v) is 12.3. The van der Waals surface area contributed by atoms with Crippen molar-refractivity contribution in [2.75, 3.05) is 13.6 Å². The van der Waals surface area contributed by atoms with Gasteiger partial charge in [0.2, 0.25) is 0 Å². The van der Waals surface area contributed by atoms with E-state index in [9.17, 15) is 4.79 Å². The molecular formula is C15H24N2O2. The number of hydrogen-bond acceptors (Lipinski definition) is 4. The first kappa shape index (κ1) is 15.7. The highest BCUT2D eigenvalue weighted by Crippen LogP contribution is 2.11. The maximum Gasteiger partial charge on any atom is 0.320 e. The lowest BCUT2D eigenvalue weighted by Gasteiger charge is -2.23. The predicted octanol–water partition coefficient (Wildman–Crippen LogP) is 1.92. The van der Waals surface area contributed by atoms with Crippen molar-refractivity contribution < 1.29 is 9.53 Å². The Morgan fingerprint density at radius 3 is 2.37 bits per heavy atom. The summed E-state index contributed by atoms with van der Waals surface area (Å²) in [6, 6.07) is 8.00. The number of ether oxygens (including phenoxy) is 1. The SMILES string of the molecule is CN(CC(=O)OC(C)(C)C)Cc1ccccc1CN. The first-order chi connectivity index (χ1) is 8.81. The van der Waals surface area contributed by atoms with Crippen LogP contribution in [-0.4, -0.2) is 30.1 Å². The van der Waals surface area contributed by atoms with Crippen LogP contribution in [0.4, 0.5) is 0 Å². The van der Waals surface area contributed by atoms with Gasteiger partial charge >= 0.3 is 5.97 Å². The van der Waals surface area contributed by atoms with E-state index in [-0.39, 0.29) is 12.5 Å². The number of likely N-dealkylation sites (N-methyl/N-ethyl adjacent to an activating group) is 1. The van der Waals surface area contributed by atoms with Gasteiger partial charge in [-0.05, 0) is 38.9 Å². The van der Waals surface area contributed by atoms with Crippen molar-refractivity contribution >= 4 is 5.97 Å². The van der Waals surface area contributed by atoms with Gasteiger partial charge in [-0.25, -0.2) is 0 Å². The quantitative estimate of drug-likeness (QED) is 0.826. The molecule has 106 valence electrons. The van der Waals surface area contributed by atoms with Gasteiger partial charge in [0.05, 0.1) is 6.54 Å². The lowest BCUT2D eigenvalue weighted by Crippen LogP contribution is -2.32. The number of benzene rings is 1. The van der Waals surface area contributed by atoms with Crippen LogP contribution in [0.5, 0.6) is 0 Å². The summed E-state index contributed by atoms with van der Waals surface area (Å²) in [5.41, 5.74) is 7.52. The number of carbonyl (C=O) groups is 1.